The van der Waals surface area contributed by atoms with Crippen LogP contribution >= 0.6 is 11.8 Å². The highest BCUT2D eigenvalue weighted by molar-refractivity contribution is 7.98. The lowest BCUT2D eigenvalue weighted by atomic mass is 10.1. The first-order valence-corrected chi connectivity index (χ1v) is 14.1. The maximum absolute atomic E-state index is 13.4. The van der Waals surface area contributed by atoms with E-state index >= 15 is 0 Å². The Hall–Kier alpha value is -3.77. The van der Waals surface area contributed by atoms with Gasteiger partial charge in [-0.3, -0.25) is 4.31 Å². The average molecular weight is 575 g/mol. The van der Waals surface area contributed by atoms with Crippen molar-refractivity contribution >= 4 is 33.4 Å². The van der Waals surface area contributed by atoms with Crippen LogP contribution in [0.1, 0.15) is 22.6 Å². The standard InChI is InChI=1S/C27H21F3N2O5S2/c1-16-22(31-25(37-16)17-6-8-19(9-7-17)27(28,29)30)15-38-20-10-12-21(13-11-20)39(35,36)32-23-5-3-2-4-18(23)14-24(32)26(33)34/h2-13,24H,14-15H2,1H3,(H,33,34)/t24-/m1/s1. The Morgan fingerprint density at radius 2 is 1.74 bits per heavy atom. The third-order valence-electron chi connectivity index (χ3n) is 6.32. The van der Waals surface area contributed by atoms with Gasteiger partial charge in [-0.15, -0.1) is 11.8 Å². The van der Waals surface area contributed by atoms with Crippen molar-refractivity contribution in [2.45, 2.75) is 41.1 Å². The maximum atomic E-state index is 13.4. The number of carboxylic acids is 1. The van der Waals surface area contributed by atoms with Crippen molar-refractivity contribution in [3.8, 4) is 11.5 Å². The molecule has 0 amide bonds. The number of nitrogens with zero attached hydrogens (tertiary/aromatic N) is 2. The summed E-state index contributed by atoms with van der Waals surface area (Å²) in [5.41, 5.74) is 1.26. The van der Waals surface area contributed by atoms with Crippen molar-refractivity contribution in [3.05, 3.63) is 95.4 Å². The largest absolute Gasteiger partial charge is 0.480 e. The van der Waals surface area contributed by atoms with Gasteiger partial charge >= 0.3 is 12.1 Å². The average Bonchev–Trinajstić information content (AvgIpc) is 3.48. The first kappa shape index (κ1) is 26.8. The lowest BCUT2D eigenvalue weighted by Gasteiger charge is -2.24. The number of aliphatic carboxylic acids is 1. The molecule has 0 bridgehead atoms. The molecule has 0 spiro atoms. The predicted molar refractivity (Wildman–Crippen MR) is 139 cm³/mol. The Morgan fingerprint density at radius 3 is 2.38 bits per heavy atom. The van der Waals surface area contributed by atoms with Crippen molar-refractivity contribution in [2.75, 3.05) is 4.31 Å². The molecule has 0 unspecified atom stereocenters. The molecule has 0 fully saturated rings. The lowest BCUT2D eigenvalue weighted by molar-refractivity contribution is -0.138. The number of thioether (sulfide) groups is 1. The molecular formula is C27H21F3N2O5S2. The molecule has 0 aliphatic carbocycles. The van der Waals surface area contributed by atoms with Gasteiger partial charge in [-0.25, -0.2) is 18.2 Å². The van der Waals surface area contributed by atoms with Crippen LogP contribution in [0.15, 0.2) is 87.0 Å². The molecule has 1 aliphatic heterocycles. The smallest absolute Gasteiger partial charge is 0.416 e. The molecule has 1 aromatic heterocycles. The van der Waals surface area contributed by atoms with Crippen LogP contribution < -0.4 is 4.31 Å². The van der Waals surface area contributed by atoms with Crippen LogP contribution in [0.25, 0.3) is 11.5 Å². The first-order chi connectivity index (χ1) is 18.4. The van der Waals surface area contributed by atoms with Crippen molar-refractivity contribution < 1.29 is 35.9 Å². The summed E-state index contributed by atoms with van der Waals surface area (Å²) in [6.07, 6.45) is -4.34. The molecule has 3 aromatic carbocycles. The summed E-state index contributed by atoms with van der Waals surface area (Å²) < 4.78 is 72.0. The number of carboxylic acid groups (broad SMARTS) is 1. The van der Waals surface area contributed by atoms with Crippen molar-refractivity contribution in [1.29, 1.82) is 0 Å². The third-order valence-corrected chi connectivity index (χ3v) is 9.18. The Labute approximate surface area is 226 Å². The molecule has 0 saturated carbocycles. The number of hydrogen-bond donors (Lipinski definition) is 1. The topological polar surface area (TPSA) is 101 Å². The van der Waals surface area contributed by atoms with Gasteiger partial charge in [-0.05, 0) is 67.1 Å². The van der Waals surface area contributed by atoms with E-state index in [1.54, 1.807) is 43.3 Å². The summed E-state index contributed by atoms with van der Waals surface area (Å²) in [4.78, 5) is 17.0. The number of para-hydroxylation sites is 1. The number of anilines is 1. The van der Waals surface area contributed by atoms with Crippen molar-refractivity contribution in [2.24, 2.45) is 0 Å². The monoisotopic (exact) mass is 574 g/mol. The maximum Gasteiger partial charge on any atom is 0.416 e. The highest BCUT2D eigenvalue weighted by Crippen LogP contribution is 2.37. The zero-order valence-corrected chi connectivity index (χ0v) is 22.0. The van der Waals surface area contributed by atoms with Gasteiger partial charge in [0.25, 0.3) is 10.0 Å². The van der Waals surface area contributed by atoms with Gasteiger partial charge in [-0.1, -0.05) is 18.2 Å². The van der Waals surface area contributed by atoms with Crippen LogP contribution in [0, 0.1) is 6.92 Å². The summed E-state index contributed by atoms with van der Waals surface area (Å²) in [6.45, 7) is 1.71. The number of sulfonamides is 1. The molecule has 4 aromatic rings. The Balaban J connectivity index is 1.30. The number of benzene rings is 3. The summed E-state index contributed by atoms with van der Waals surface area (Å²) >= 11 is 1.37. The number of hydrogen-bond acceptors (Lipinski definition) is 6. The second-order valence-corrected chi connectivity index (χ2v) is 11.7. The van der Waals surface area contributed by atoms with E-state index < -0.39 is 33.8 Å². The molecule has 0 radical (unpaired) electrons. The molecule has 1 atom stereocenters. The number of aryl methyl sites for hydroxylation is 1. The van der Waals surface area contributed by atoms with Crippen LogP contribution in [-0.2, 0) is 33.2 Å². The zero-order valence-electron chi connectivity index (χ0n) is 20.3. The van der Waals surface area contributed by atoms with Crippen LogP contribution in [0.5, 0.6) is 0 Å². The van der Waals surface area contributed by atoms with Crippen LogP contribution in [0.3, 0.4) is 0 Å². The number of alkyl halides is 3. The lowest BCUT2D eigenvalue weighted by Crippen LogP contribution is -2.42. The summed E-state index contributed by atoms with van der Waals surface area (Å²) in [5.74, 6) is -0.121. The molecule has 1 N–H and O–H groups in total. The fourth-order valence-corrected chi connectivity index (χ4v) is 6.85. The molecule has 39 heavy (non-hydrogen) atoms. The molecule has 12 heteroatoms. The SMILES string of the molecule is Cc1oc(-c2ccc(C(F)(F)F)cc2)nc1CSc1ccc(S(=O)(=O)N2c3ccccc3C[C@@H]2C(=O)O)cc1. The van der Waals surface area contributed by atoms with Gasteiger partial charge < -0.3 is 9.52 Å². The number of rotatable bonds is 7. The summed E-state index contributed by atoms with van der Waals surface area (Å²) in [7, 11) is -4.13. The number of carbonyl (C=O) groups is 1. The van der Waals surface area contributed by atoms with Gasteiger partial charge in [0, 0.05) is 22.6 Å². The van der Waals surface area contributed by atoms with Crippen molar-refractivity contribution in [3.63, 3.8) is 0 Å². The van der Waals surface area contributed by atoms with E-state index in [4.69, 9.17) is 4.42 Å². The molecule has 0 saturated heterocycles. The van der Waals surface area contributed by atoms with E-state index in [0.29, 0.717) is 34.0 Å². The Bertz CT molecular complexity index is 1630. The second-order valence-electron chi connectivity index (χ2n) is 8.84. The Morgan fingerprint density at radius 1 is 1.08 bits per heavy atom. The minimum absolute atomic E-state index is 0.0305. The molecule has 1 aliphatic rings. The van der Waals surface area contributed by atoms with Crippen LogP contribution in [0.4, 0.5) is 18.9 Å². The van der Waals surface area contributed by atoms with Gasteiger partial charge in [0.15, 0.2) is 0 Å². The number of halogens is 3. The molecule has 7 nitrogen and oxygen atoms in total. The number of aromatic nitrogens is 1. The highest BCUT2D eigenvalue weighted by atomic mass is 32.2. The highest BCUT2D eigenvalue weighted by Gasteiger charge is 2.42. The normalized spacial score (nSPS) is 15.4. The Kier molecular flexibility index (Phi) is 6.93. The summed E-state index contributed by atoms with van der Waals surface area (Å²) in [5, 5.41) is 9.66. The molecule has 2 heterocycles. The van der Waals surface area contributed by atoms with Crippen LogP contribution in [0.2, 0.25) is 0 Å². The quantitative estimate of drug-likeness (QED) is 0.264. The third kappa shape index (κ3) is 5.26. The summed E-state index contributed by atoms with van der Waals surface area (Å²) in [6, 6.07) is 16.2. The second kappa shape index (κ2) is 10.1. The molecular weight excluding hydrogens is 553 g/mol. The van der Waals surface area contributed by atoms with E-state index in [9.17, 15) is 31.5 Å². The molecule has 202 valence electrons. The minimum Gasteiger partial charge on any atom is -0.480 e. The van der Waals surface area contributed by atoms with E-state index in [-0.39, 0.29) is 17.2 Å². The van der Waals surface area contributed by atoms with E-state index in [2.05, 4.69) is 4.98 Å². The number of oxazole rings is 1. The van der Waals surface area contributed by atoms with Gasteiger partial charge in [0.2, 0.25) is 5.89 Å². The van der Waals surface area contributed by atoms with Gasteiger partial charge in [-0.2, -0.15) is 13.2 Å². The first-order valence-electron chi connectivity index (χ1n) is 11.7. The van der Waals surface area contributed by atoms with Crippen LogP contribution in [-0.4, -0.2) is 30.5 Å². The number of fused-ring (bicyclic) bond motifs is 1. The fraction of sp³-hybridized carbons (Fsp3) is 0.185. The fourth-order valence-electron chi connectivity index (χ4n) is 4.30. The molecule has 5 rings (SSSR count). The van der Waals surface area contributed by atoms with Gasteiger partial charge in [0.1, 0.15) is 11.8 Å². The zero-order chi connectivity index (χ0) is 27.9. The minimum atomic E-state index is -4.43. The predicted octanol–water partition coefficient (Wildman–Crippen LogP) is 6.17. The van der Waals surface area contributed by atoms with E-state index in [0.717, 1.165) is 21.3 Å². The van der Waals surface area contributed by atoms with Gasteiger partial charge in [0.05, 0.1) is 21.8 Å². The van der Waals surface area contributed by atoms with E-state index in [1.165, 1.54) is 36.0 Å². The van der Waals surface area contributed by atoms with E-state index in [1.807, 2.05) is 0 Å². The van der Waals surface area contributed by atoms with Crippen molar-refractivity contribution in [1.82, 2.24) is 4.98 Å².